The van der Waals surface area contributed by atoms with Crippen LogP contribution in [0.2, 0.25) is 0 Å². The molecule has 0 N–H and O–H groups in total. The first-order valence-corrected chi connectivity index (χ1v) is 8.83. The predicted octanol–water partition coefficient (Wildman–Crippen LogP) is 4.69. The van der Waals surface area contributed by atoms with E-state index < -0.39 is 5.60 Å². The zero-order valence-corrected chi connectivity index (χ0v) is 14.7. The van der Waals surface area contributed by atoms with Gasteiger partial charge in [0.05, 0.1) is 6.61 Å². The van der Waals surface area contributed by atoms with E-state index in [2.05, 4.69) is 24.3 Å². The topological polar surface area (TPSA) is 27.7 Å². The van der Waals surface area contributed by atoms with Gasteiger partial charge >= 0.3 is 0 Å². The molecule has 0 aliphatic carbocycles. The quantitative estimate of drug-likeness (QED) is 0.671. The van der Waals surface area contributed by atoms with Crippen LogP contribution in [0.15, 0.2) is 91.0 Å². The Labute approximate surface area is 154 Å². The highest BCUT2D eigenvalue weighted by Crippen LogP contribution is 2.43. The molecule has 26 heavy (non-hydrogen) atoms. The molecule has 0 spiro atoms. The molecule has 0 aromatic heterocycles. The zero-order valence-electron chi connectivity index (χ0n) is 14.7. The van der Waals surface area contributed by atoms with Crippen LogP contribution in [0.4, 0.5) is 0 Å². The summed E-state index contributed by atoms with van der Waals surface area (Å²) in [5.74, 6) is 0. The summed E-state index contributed by atoms with van der Waals surface area (Å²) >= 11 is 0. The van der Waals surface area contributed by atoms with Gasteiger partial charge in [-0.05, 0) is 11.1 Å². The summed E-state index contributed by atoms with van der Waals surface area (Å²) in [4.78, 5) is 0. The van der Waals surface area contributed by atoms with E-state index in [-0.39, 0.29) is 12.4 Å². The Morgan fingerprint density at radius 3 is 1.77 bits per heavy atom. The summed E-state index contributed by atoms with van der Waals surface area (Å²) in [5.41, 5.74) is 2.39. The lowest BCUT2D eigenvalue weighted by molar-refractivity contribution is -0.122. The first-order chi connectivity index (χ1) is 12.8. The number of benzene rings is 3. The lowest BCUT2D eigenvalue weighted by atomic mass is 9.81. The largest absolute Gasteiger partial charge is 0.366 e. The van der Waals surface area contributed by atoms with Gasteiger partial charge in [-0.3, -0.25) is 0 Å². The average Bonchev–Trinajstić information content (AvgIpc) is 3.22. The number of methoxy groups -OCH3 is 1. The molecule has 1 fully saturated rings. The average molecular weight is 346 g/mol. The van der Waals surface area contributed by atoms with Crippen LogP contribution in [0.5, 0.6) is 0 Å². The van der Waals surface area contributed by atoms with E-state index in [4.69, 9.17) is 14.2 Å². The van der Waals surface area contributed by atoms with Crippen molar-refractivity contribution in [3.05, 3.63) is 108 Å². The van der Waals surface area contributed by atoms with Gasteiger partial charge in [0.15, 0.2) is 6.29 Å². The molecule has 0 radical (unpaired) electrons. The molecule has 1 heterocycles. The summed E-state index contributed by atoms with van der Waals surface area (Å²) < 4.78 is 18.5. The molecule has 1 saturated heterocycles. The zero-order chi connectivity index (χ0) is 17.8. The van der Waals surface area contributed by atoms with Gasteiger partial charge in [-0.15, -0.1) is 0 Å². The van der Waals surface area contributed by atoms with Crippen molar-refractivity contribution in [2.24, 2.45) is 0 Å². The van der Waals surface area contributed by atoms with Gasteiger partial charge in [-0.2, -0.15) is 0 Å². The van der Waals surface area contributed by atoms with E-state index in [0.29, 0.717) is 6.61 Å². The lowest BCUT2D eigenvalue weighted by Gasteiger charge is -2.37. The number of hydrogen-bond donors (Lipinski definition) is 0. The second kappa shape index (κ2) is 7.42. The van der Waals surface area contributed by atoms with E-state index in [0.717, 1.165) is 16.7 Å². The lowest BCUT2D eigenvalue weighted by Crippen LogP contribution is -2.44. The third-order valence-corrected chi connectivity index (χ3v) is 4.94. The highest BCUT2D eigenvalue weighted by atomic mass is 16.7. The standard InChI is InChI=1S/C23H22O3/c1-24-23(19-13-7-3-8-14-19,20-15-9-4-10-16-20)21-17-25-22(26-21)18-11-5-2-6-12-18/h2-16,21-22H,17H2,1H3/t21-,22?/m1/s1. The summed E-state index contributed by atoms with van der Waals surface area (Å²) in [6, 6.07) is 30.4. The fourth-order valence-electron chi connectivity index (χ4n) is 3.68. The van der Waals surface area contributed by atoms with Gasteiger partial charge in [0.25, 0.3) is 0 Å². The van der Waals surface area contributed by atoms with Gasteiger partial charge in [-0.25, -0.2) is 0 Å². The molecule has 1 aliphatic rings. The van der Waals surface area contributed by atoms with Crippen molar-refractivity contribution in [1.29, 1.82) is 0 Å². The Morgan fingerprint density at radius 2 is 1.27 bits per heavy atom. The first kappa shape index (κ1) is 17.0. The highest BCUT2D eigenvalue weighted by molar-refractivity contribution is 5.38. The Bertz CT molecular complexity index is 778. The van der Waals surface area contributed by atoms with E-state index in [1.54, 1.807) is 7.11 Å². The van der Waals surface area contributed by atoms with Crippen molar-refractivity contribution in [3.8, 4) is 0 Å². The molecule has 1 aliphatic heterocycles. The summed E-state index contributed by atoms with van der Waals surface area (Å²) in [6.45, 7) is 0.456. The minimum absolute atomic E-state index is 0.262. The molecule has 3 aromatic rings. The maximum Gasteiger partial charge on any atom is 0.184 e. The third kappa shape index (κ3) is 2.95. The molecule has 3 nitrogen and oxygen atoms in total. The van der Waals surface area contributed by atoms with Crippen molar-refractivity contribution in [2.45, 2.75) is 18.0 Å². The van der Waals surface area contributed by atoms with E-state index in [1.807, 2.05) is 66.7 Å². The first-order valence-electron chi connectivity index (χ1n) is 8.83. The summed E-state index contributed by atoms with van der Waals surface area (Å²) in [7, 11) is 1.74. The van der Waals surface area contributed by atoms with E-state index in [1.165, 1.54) is 0 Å². The molecule has 3 heteroatoms. The number of rotatable bonds is 5. The van der Waals surface area contributed by atoms with Crippen LogP contribution in [0, 0.1) is 0 Å². The van der Waals surface area contributed by atoms with Crippen molar-refractivity contribution < 1.29 is 14.2 Å². The predicted molar refractivity (Wildman–Crippen MR) is 101 cm³/mol. The number of hydrogen-bond acceptors (Lipinski definition) is 3. The monoisotopic (exact) mass is 346 g/mol. The molecular formula is C23H22O3. The van der Waals surface area contributed by atoms with Crippen LogP contribution >= 0.6 is 0 Å². The molecule has 132 valence electrons. The Balaban J connectivity index is 1.75. The maximum atomic E-state index is 6.37. The van der Waals surface area contributed by atoms with Gasteiger partial charge in [0.2, 0.25) is 0 Å². The van der Waals surface area contributed by atoms with Gasteiger partial charge in [-0.1, -0.05) is 91.0 Å². The van der Waals surface area contributed by atoms with Crippen LogP contribution in [0.3, 0.4) is 0 Å². The Hall–Kier alpha value is -2.46. The van der Waals surface area contributed by atoms with Crippen LogP contribution in [-0.2, 0) is 19.8 Å². The van der Waals surface area contributed by atoms with Gasteiger partial charge in [0, 0.05) is 12.7 Å². The van der Waals surface area contributed by atoms with Gasteiger partial charge < -0.3 is 14.2 Å². The molecule has 0 amide bonds. The Kier molecular flexibility index (Phi) is 4.85. The molecule has 4 rings (SSSR count). The van der Waals surface area contributed by atoms with Crippen molar-refractivity contribution >= 4 is 0 Å². The van der Waals surface area contributed by atoms with Crippen molar-refractivity contribution in [2.75, 3.05) is 13.7 Å². The van der Waals surface area contributed by atoms with Crippen LogP contribution in [0.1, 0.15) is 23.0 Å². The summed E-state index contributed by atoms with van der Waals surface area (Å²) in [6.07, 6.45) is -0.648. The van der Waals surface area contributed by atoms with E-state index in [9.17, 15) is 0 Å². The third-order valence-electron chi connectivity index (χ3n) is 4.94. The fraction of sp³-hybridized carbons (Fsp3) is 0.217. The normalized spacial score (nSPS) is 20.2. The maximum absolute atomic E-state index is 6.37. The highest BCUT2D eigenvalue weighted by Gasteiger charge is 2.48. The van der Waals surface area contributed by atoms with Gasteiger partial charge in [0.1, 0.15) is 11.7 Å². The van der Waals surface area contributed by atoms with E-state index >= 15 is 0 Å². The summed E-state index contributed by atoms with van der Waals surface area (Å²) in [5, 5.41) is 0. The van der Waals surface area contributed by atoms with Crippen molar-refractivity contribution in [1.82, 2.24) is 0 Å². The minimum atomic E-state index is -0.730. The van der Waals surface area contributed by atoms with Crippen LogP contribution in [-0.4, -0.2) is 19.8 Å². The molecule has 1 unspecified atom stereocenters. The SMILES string of the molecule is COC(c1ccccc1)(c1ccccc1)[C@H]1COC(c2ccccc2)O1. The molecule has 2 atom stereocenters. The molecule has 3 aromatic carbocycles. The second-order valence-electron chi connectivity index (χ2n) is 6.37. The molecule has 0 saturated carbocycles. The molecule has 0 bridgehead atoms. The smallest absolute Gasteiger partial charge is 0.184 e. The van der Waals surface area contributed by atoms with Crippen molar-refractivity contribution in [3.63, 3.8) is 0 Å². The Morgan fingerprint density at radius 1 is 0.769 bits per heavy atom. The minimum Gasteiger partial charge on any atom is -0.366 e. The number of ether oxygens (including phenoxy) is 3. The second-order valence-corrected chi connectivity index (χ2v) is 6.37. The fourth-order valence-corrected chi connectivity index (χ4v) is 3.68. The molecular weight excluding hydrogens is 324 g/mol. The van der Waals surface area contributed by atoms with Crippen LogP contribution in [0.25, 0.3) is 0 Å². The van der Waals surface area contributed by atoms with Crippen LogP contribution < -0.4 is 0 Å².